The van der Waals surface area contributed by atoms with Crippen molar-refractivity contribution in [1.82, 2.24) is 0 Å². The third kappa shape index (κ3) is 2.41. The van der Waals surface area contributed by atoms with Crippen molar-refractivity contribution in [3.63, 3.8) is 0 Å². The number of nitrogens with zero attached hydrogens (tertiary/aromatic N) is 1. The third-order valence-corrected chi connectivity index (χ3v) is 3.98. The molecule has 0 amide bonds. The molecule has 0 unspecified atom stereocenters. The van der Waals surface area contributed by atoms with Crippen molar-refractivity contribution >= 4 is 33.5 Å². The number of allylic oxidation sites excluding steroid dienone is 1. The summed E-state index contributed by atoms with van der Waals surface area (Å²) in [6.07, 6.45) is 0. The van der Waals surface area contributed by atoms with E-state index in [2.05, 4.69) is 6.07 Å². The highest BCUT2D eigenvalue weighted by Gasteiger charge is 2.12. The Morgan fingerprint density at radius 1 is 1.24 bits per heavy atom. The highest BCUT2D eigenvalue weighted by atomic mass is 35.5. The Balaban J connectivity index is 2.57. The van der Waals surface area contributed by atoms with E-state index in [0.717, 1.165) is 16.0 Å². The molecule has 1 aromatic heterocycles. The Hall–Kier alpha value is -1.56. The number of hydrogen-bond acceptors (Lipinski definition) is 2. The van der Waals surface area contributed by atoms with Gasteiger partial charge in [0.15, 0.2) is 0 Å². The van der Waals surface area contributed by atoms with Crippen molar-refractivity contribution in [2.24, 2.45) is 0 Å². The predicted octanol–water partition coefficient (Wildman–Crippen LogP) is 4.69. The number of benzene rings is 1. The van der Waals surface area contributed by atoms with Crippen LogP contribution in [-0.4, -0.2) is 0 Å². The van der Waals surface area contributed by atoms with Crippen molar-refractivity contribution < 1.29 is 0 Å². The van der Waals surface area contributed by atoms with Crippen molar-refractivity contribution in [1.29, 1.82) is 5.26 Å². The first-order chi connectivity index (χ1) is 8.24. The molecular weight excluding hydrogens is 250 g/mol. The van der Waals surface area contributed by atoms with Gasteiger partial charge in [-0.15, -0.1) is 11.3 Å². The van der Waals surface area contributed by atoms with Crippen LogP contribution in [0.4, 0.5) is 0 Å². The maximum absolute atomic E-state index is 9.25. The monoisotopic (exact) mass is 259 g/mol. The summed E-state index contributed by atoms with van der Waals surface area (Å²) in [5, 5.41) is 11.8. The van der Waals surface area contributed by atoms with E-state index >= 15 is 0 Å². The minimum absolute atomic E-state index is 0.526. The van der Waals surface area contributed by atoms with Crippen molar-refractivity contribution in [2.45, 2.75) is 6.92 Å². The van der Waals surface area contributed by atoms with Crippen LogP contribution in [-0.2, 0) is 0 Å². The molecule has 84 valence electrons. The van der Waals surface area contributed by atoms with Gasteiger partial charge in [-0.05, 0) is 29.5 Å². The molecule has 0 atom stereocenters. The van der Waals surface area contributed by atoms with E-state index in [1.54, 1.807) is 11.3 Å². The lowest BCUT2D eigenvalue weighted by Gasteiger charge is -2.03. The lowest BCUT2D eigenvalue weighted by atomic mass is 10.1. The fraction of sp³-hybridized carbons (Fsp3) is 0.0714. The van der Waals surface area contributed by atoms with E-state index in [1.165, 1.54) is 0 Å². The van der Waals surface area contributed by atoms with E-state index < -0.39 is 0 Å². The third-order valence-electron chi connectivity index (χ3n) is 2.46. The van der Waals surface area contributed by atoms with Crippen LogP contribution < -0.4 is 0 Å². The summed E-state index contributed by atoms with van der Waals surface area (Å²) in [6, 6.07) is 13.7. The fourth-order valence-corrected chi connectivity index (χ4v) is 2.86. The number of thiophene rings is 1. The smallest absolute Gasteiger partial charge is 0.101 e. The van der Waals surface area contributed by atoms with Crippen LogP contribution in [0.1, 0.15) is 16.0 Å². The number of nitriles is 1. The molecule has 0 radical (unpaired) electrons. The van der Waals surface area contributed by atoms with Gasteiger partial charge in [-0.1, -0.05) is 41.9 Å². The molecule has 0 bridgehead atoms. The average Bonchev–Trinajstić information content (AvgIpc) is 2.77. The van der Waals surface area contributed by atoms with Crippen LogP contribution in [0, 0.1) is 18.3 Å². The Bertz CT molecular complexity index is 590. The Morgan fingerprint density at radius 2 is 1.94 bits per heavy atom. The van der Waals surface area contributed by atoms with Crippen molar-refractivity contribution in [3.05, 3.63) is 57.8 Å². The Labute approximate surface area is 110 Å². The lowest BCUT2D eigenvalue weighted by Crippen LogP contribution is -1.85. The maximum atomic E-state index is 9.25. The topological polar surface area (TPSA) is 23.8 Å². The van der Waals surface area contributed by atoms with E-state index in [0.29, 0.717) is 10.6 Å². The van der Waals surface area contributed by atoms with Gasteiger partial charge in [0.05, 0.1) is 10.6 Å². The Morgan fingerprint density at radius 3 is 2.47 bits per heavy atom. The standard InChI is InChI=1S/C14H10ClNS/c1-10-7-8-17-14(10)13(15)12(9-16)11-5-3-2-4-6-11/h2-8H,1H3. The molecule has 2 aromatic rings. The zero-order valence-corrected chi connectivity index (χ0v) is 10.8. The zero-order valence-electron chi connectivity index (χ0n) is 9.27. The summed E-state index contributed by atoms with van der Waals surface area (Å²) in [7, 11) is 0. The highest BCUT2D eigenvalue weighted by Crippen LogP contribution is 2.34. The molecule has 0 aliphatic carbocycles. The largest absolute Gasteiger partial charge is 0.192 e. The van der Waals surface area contributed by atoms with Crippen LogP contribution in [0.3, 0.4) is 0 Å². The first kappa shape index (κ1) is 11.9. The quantitative estimate of drug-likeness (QED) is 0.718. The molecule has 0 spiro atoms. The van der Waals surface area contributed by atoms with E-state index in [4.69, 9.17) is 11.6 Å². The van der Waals surface area contributed by atoms with E-state index in [1.807, 2.05) is 48.7 Å². The van der Waals surface area contributed by atoms with Gasteiger partial charge in [0.2, 0.25) is 0 Å². The number of rotatable bonds is 2. The highest BCUT2D eigenvalue weighted by molar-refractivity contribution is 7.12. The van der Waals surface area contributed by atoms with Crippen molar-refractivity contribution in [3.8, 4) is 6.07 Å². The van der Waals surface area contributed by atoms with Crippen LogP contribution >= 0.6 is 22.9 Å². The van der Waals surface area contributed by atoms with Gasteiger partial charge >= 0.3 is 0 Å². The van der Waals surface area contributed by atoms with Crippen LogP contribution in [0.5, 0.6) is 0 Å². The average molecular weight is 260 g/mol. The van der Waals surface area contributed by atoms with Crippen LogP contribution in [0.15, 0.2) is 41.8 Å². The molecule has 0 saturated carbocycles. The summed E-state index contributed by atoms with van der Waals surface area (Å²) in [5.41, 5.74) is 2.48. The number of hydrogen-bond donors (Lipinski definition) is 0. The SMILES string of the molecule is Cc1ccsc1C(Cl)=C(C#N)c1ccccc1. The molecule has 0 aliphatic rings. The zero-order chi connectivity index (χ0) is 12.3. The summed E-state index contributed by atoms with van der Waals surface area (Å²) in [5.74, 6) is 0. The van der Waals surface area contributed by atoms with Gasteiger partial charge in [-0.2, -0.15) is 5.26 Å². The summed E-state index contributed by atoms with van der Waals surface area (Å²) in [6.45, 7) is 1.99. The first-order valence-corrected chi connectivity index (χ1v) is 6.39. The molecule has 1 nitrogen and oxygen atoms in total. The van der Waals surface area contributed by atoms with Gasteiger partial charge in [0, 0.05) is 4.88 Å². The molecule has 3 heteroatoms. The van der Waals surface area contributed by atoms with E-state index in [9.17, 15) is 5.26 Å². The second kappa shape index (κ2) is 5.18. The second-order valence-electron chi connectivity index (χ2n) is 3.60. The van der Waals surface area contributed by atoms with Gasteiger partial charge in [-0.25, -0.2) is 0 Å². The molecule has 1 aromatic carbocycles. The molecule has 0 fully saturated rings. The number of aryl methyl sites for hydroxylation is 1. The molecule has 1 heterocycles. The second-order valence-corrected chi connectivity index (χ2v) is 4.89. The molecular formula is C14H10ClNS. The fourth-order valence-electron chi connectivity index (χ4n) is 1.56. The lowest BCUT2D eigenvalue weighted by molar-refractivity contribution is 1.51. The minimum atomic E-state index is 0.526. The normalized spacial score (nSPS) is 11.8. The minimum Gasteiger partial charge on any atom is -0.192 e. The Kier molecular flexibility index (Phi) is 3.63. The molecule has 17 heavy (non-hydrogen) atoms. The molecule has 0 aliphatic heterocycles. The maximum Gasteiger partial charge on any atom is 0.101 e. The van der Waals surface area contributed by atoms with Crippen LogP contribution in [0.25, 0.3) is 10.6 Å². The van der Waals surface area contributed by atoms with Gasteiger partial charge < -0.3 is 0 Å². The summed E-state index contributed by atoms with van der Waals surface area (Å²) in [4.78, 5) is 0.965. The van der Waals surface area contributed by atoms with Crippen LogP contribution in [0.2, 0.25) is 0 Å². The summed E-state index contributed by atoms with van der Waals surface area (Å²) >= 11 is 7.88. The van der Waals surface area contributed by atoms with Gasteiger partial charge in [-0.3, -0.25) is 0 Å². The van der Waals surface area contributed by atoms with Gasteiger partial charge in [0.25, 0.3) is 0 Å². The molecule has 0 N–H and O–H groups in total. The van der Waals surface area contributed by atoms with Crippen molar-refractivity contribution in [2.75, 3.05) is 0 Å². The predicted molar refractivity (Wildman–Crippen MR) is 73.8 cm³/mol. The molecule has 0 saturated heterocycles. The summed E-state index contributed by atoms with van der Waals surface area (Å²) < 4.78 is 0. The van der Waals surface area contributed by atoms with Gasteiger partial charge in [0.1, 0.15) is 6.07 Å². The van der Waals surface area contributed by atoms with E-state index in [-0.39, 0.29) is 0 Å². The first-order valence-electron chi connectivity index (χ1n) is 5.14. The number of halogens is 1. The molecule has 2 rings (SSSR count).